The zero-order chi connectivity index (χ0) is 29.4. The molecular weight excluding hydrogens is 502 g/mol. The van der Waals surface area contributed by atoms with Crippen LogP contribution in [0.15, 0.2) is 66.7 Å². The van der Waals surface area contributed by atoms with E-state index in [0.717, 1.165) is 44.1 Å². The number of halogens is 2. The van der Waals surface area contributed by atoms with E-state index in [1.54, 1.807) is 0 Å². The van der Waals surface area contributed by atoms with Crippen molar-refractivity contribution in [2.24, 2.45) is 0 Å². The zero-order valence-electron chi connectivity index (χ0n) is 25.6. The number of hydrogen-bond donors (Lipinski definition) is 0. The summed E-state index contributed by atoms with van der Waals surface area (Å²) < 4.78 is 36.5. The molecule has 0 aromatic heterocycles. The van der Waals surface area contributed by atoms with Crippen molar-refractivity contribution in [3.63, 3.8) is 0 Å². The molecule has 0 aliphatic heterocycles. The highest BCUT2D eigenvalue weighted by Crippen LogP contribution is 2.19. The average molecular weight is 555 g/mol. The summed E-state index contributed by atoms with van der Waals surface area (Å²) in [7, 11) is 0. The summed E-state index contributed by atoms with van der Waals surface area (Å²) in [6.45, 7) is 12.1. The molecule has 0 N–H and O–H groups in total. The first-order valence-corrected chi connectivity index (χ1v) is 15.2. The second-order valence-electron chi connectivity index (χ2n) is 10.2. The molecule has 3 aromatic carbocycles. The fourth-order valence-electron chi connectivity index (χ4n) is 4.02. The summed E-state index contributed by atoms with van der Waals surface area (Å²) in [5.41, 5.74) is 4.19. The lowest BCUT2D eigenvalue weighted by atomic mass is 10.0. The molecule has 4 heteroatoms. The Morgan fingerprint density at radius 1 is 0.525 bits per heavy atom. The number of hydrogen-bond acceptors (Lipinski definition) is 2. The second-order valence-corrected chi connectivity index (χ2v) is 10.2. The van der Waals surface area contributed by atoms with Crippen molar-refractivity contribution >= 4 is 0 Å². The molecule has 0 radical (unpaired) electrons. The third-order valence-electron chi connectivity index (χ3n) is 6.58. The molecule has 0 heterocycles. The van der Waals surface area contributed by atoms with E-state index < -0.39 is 11.6 Å². The summed E-state index contributed by atoms with van der Waals surface area (Å²) in [6.07, 6.45) is 13.3. The molecule has 0 unspecified atom stereocenters. The maximum absolute atomic E-state index is 13.0. The van der Waals surface area contributed by atoms with Crippen molar-refractivity contribution in [2.45, 2.75) is 105 Å². The molecule has 0 aliphatic rings. The van der Waals surface area contributed by atoms with E-state index in [1.165, 1.54) is 73.8 Å². The number of ether oxygens (including phenoxy) is 2. The lowest BCUT2D eigenvalue weighted by molar-refractivity contribution is 0.286. The standard InChI is InChI=1S/C13H20.C12H18O.C11H14F2O/c1-3-4-5-6-10-13-11-8-7-9-12(13)2;1-3-4-7-10-13-12-9-6-5-8-11(12)2;1-2-3-4-8-14-10-7-5-6-9(12)11(10)13/h7-9,11H,3-6,10H2,1-2H3;5-6,8-9H,3-4,7,10H2,1-2H3;5-7H,2-4,8H2,1H3. The van der Waals surface area contributed by atoms with Gasteiger partial charge in [-0.15, -0.1) is 0 Å². The highest BCUT2D eigenvalue weighted by molar-refractivity contribution is 5.31. The molecule has 0 saturated carbocycles. The first-order chi connectivity index (χ1) is 19.4. The topological polar surface area (TPSA) is 18.5 Å². The van der Waals surface area contributed by atoms with Gasteiger partial charge in [-0.1, -0.05) is 114 Å². The van der Waals surface area contributed by atoms with E-state index in [1.807, 2.05) is 18.2 Å². The van der Waals surface area contributed by atoms with Crippen LogP contribution in [0, 0.1) is 25.5 Å². The molecular formula is C36H52F2O2. The van der Waals surface area contributed by atoms with Crippen LogP contribution in [0.3, 0.4) is 0 Å². The van der Waals surface area contributed by atoms with E-state index in [0.29, 0.717) is 6.61 Å². The molecule has 0 saturated heterocycles. The van der Waals surface area contributed by atoms with Gasteiger partial charge in [0.2, 0.25) is 5.82 Å². The van der Waals surface area contributed by atoms with Crippen LogP contribution in [-0.2, 0) is 6.42 Å². The Hall–Kier alpha value is -2.88. The minimum Gasteiger partial charge on any atom is -0.493 e. The van der Waals surface area contributed by atoms with Crippen LogP contribution < -0.4 is 9.47 Å². The van der Waals surface area contributed by atoms with Crippen LogP contribution >= 0.6 is 0 Å². The molecule has 222 valence electrons. The number of benzene rings is 3. The third-order valence-corrected chi connectivity index (χ3v) is 6.58. The van der Waals surface area contributed by atoms with Gasteiger partial charge in [-0.3, -0.25) is 0 Å². The molecule has 0 aliphatic carbocycles. The van der Waals surface area contributed by atoms with Gasteiger partial charge in [0.25, 0.3) is 0 Å². The maximum Gasteiger partial charge on any atom is 0.200 e. The molecule has 40 heavy (non-hydrogen) atoms. The molecule has 2 nitrogen and oxygen atoms in total. The first kappa shape index (κ1) is 35.1. The quantitative estimate of drug-likeness (QED) is 0.174. The minimum atomic E-state index is -0.899. The summed E-state index contributed by atoms with van der Waals surface area (Å²) in [5, 5.41) is 0. The van der Waals surface area contributed by atoms with Crippen molar-refractivity contribution < 1.29 is 18.3 Å². The molecule has 0 amide bonds. The van der Waals surface area contributed by atoms with Gasteiger partial charge < -0.3 is 9.47 Å². The Morgan fingerprint density at radius 2 is 1.05 bits per heavy atom. The van der Waals surface area contributed by atoms with E-state index in [4.69, 9.17) is 9.47 Å². The van der Waals surface area contributed by atoms with Crippen LogP contribution in [0.2, 0.25) is 0 Å². The summed E-state index contributed by atoms with van der Waals surface area (Å²) in [4.78, 5) is 0. The number of aryl methyl sites for hydroxylation is 3. The van der Waals surface area contributed by atoms with Gasteiger partial charge in [0.05, 0.1) is 13.2 Å². The number of rotatable bonds is 15. The lowest BCUT2D eigenvalue weighted by Crippen LogP contribution is -2.00. The Labute approximate surface area is 243 Å². The Kier molecular flexibility index (Phi) is 20.1. The van der Waals surface area contributed by atoms with Crippen LogP contribution in [0.25, 0.3) is 0 Å². The zero-order valence-corrected chi connectivity index (χ0v) is 25.6. The van der Waals surface area contributed by atoms with Crippen molar-refractivity contribution in [2.75, 3.05) is 13.2 Å². The summed E-state index contributed by atoms with van der Waals surface area (Å²) in [6, 6.07) is 20.8. The van der Waals surface area contributed by atoms with E-state index in [2.05, 4.69) is 65.0 Å². The van der Waals surface area contributed by atoms with Gasteiger partial charge in [-0.2, -0.15) is 4.39 Å². The highest BCUT2D eigenvalue weighted by Gasteiger charge is 2.07. The largest absolute Gasteiger partial charge is 0.493 e. The molecule has 0 atom stereocenters. The van der Waals surface area contributed by atoms with Crippen molar-refractivity contribution in [1.82, 2.24) is 0 Å². The molecule has 3 aromatic rings. The number of unbranched alkanes of at least 4 members (excludes halogenated alkanes) is 7. The average Bonchev–Trinajstić information content (AvgIpc) is 2.96. The predicted octanol–water partition coefficient (Wildman–Crippen LogP) is 11.2. The molecule has 0 spiro atoms. The van der Waals surface area contributed by atoms with Gasteiger partial charge in [0.1, 0.15) is 5.75 Å². The fourth-order valence-corrected chi connectivity index (χ4v) is 4.02. The van der Waals surface area contributed by atoms with E-state index >= 15 is 0 Å². The van der Waals surface area contributed by atoms with Crippen LogP contribution in [-0.4, -0.2) is 13.2 Å². The Bertz CT molecular complexity index is 981. The van der Waals surface area contributed by atoms with Crippen LogP contribution in [0.5, 0.6) is 11.5 Å². The SMILES string of the molecule is CCCCCCc1ccccc1C.CCCCCOc1cccc(F)c1F.CCCCCOc1ccccc1C. The van der Waals surface area contributed by atoms with Crippen LogP contribution in [0.4, 0.5) is 8.78 Å². The van der Waals surface area contributed by atoms with E-state index in [-0.39, 0.29) is 5.75 Å². The van der Waals surface area contributed by atoms with Crippen molar-refractivity contribution in [3.05, 3.63) is 95.1 Å². The van der Waals surface area contributed by atoms with Crippen molar-refractivity contribution in [3.8, 4) is 11.5 Å². The van der Waals surface area contributed by atoms with Gasteiger partial charge >= 0.3 is 0 Å². The van der Waals surface area contributed by atoms with Gasteiger partial charge in [-0.05, 0) is 74.4 Å². The maximum atomic E-state index is 13.0. The normalized spacial score (nSPS) is 10.2. The summed E-state index contributed by atoms with van der Waals surface area (Å²) in [5.74, 6) is -0.735. The monoisotopic (exact) mass is 554 g/mol. The third kappa shape index (κ3) is 15.6. The minimum absolute atomic E-state index is 0.00102. The molecule has 3 rings (SSSR count). The van der Waals surface area contributed by atoms with E-state index in [9.17, 15) is 8.78 Å². The lowest BCUT2D eigenvalue weighted by Gasteiger charge is -2.07. The Balaban J connectivity index is 0.000000300. The van der Waals surface area contributed by atoms with Gasteiger partial charge in [0, 0.05) is 0 Å². The Morgan fingerprint density at radius 3 is 1.65 bits per heavy atom. The summed E-state index contributed by atoms with van der Waals surface area (Å²) >= 11 is 0. The molecule has 0 fully saturated rings. The van der Waals surface area contributed by atoms with Crippen LogP contribution in [0.1, 0.15) is 102 Å². The first-order valence-electron chi connectivity index (χ1n) is 15.2. The second kappa shape index (κ2) is 22.9. The smallest absolute Gasteiger partial charge is 0.200 e. The van der Waals surface area contributed by atoms with Crippen molar-refractivity contribution in [1.29, 1.82) is 0 Å². The number of para-hydroxylation sites is 1. The fraction of sp³-hybridized carbons (Fsp3) is 0.500. The predicted molar refractivity (Wildman–Crippen MR) is 167 cm³/mol. The van der Waals surface area contributed by atoms with Gasteiger partial charge in [0.15, 0.2) is 11.6 Å². The van der Waals surface area contributed by atoms with Gasteiger partial charge in [-0.25, -0.2) is 4.39 Å². The molecule has 0 bridgehead atoms. The highest BCUT2D eigenvalue weighted by atomic mass is 19.2.